The summed E-state index contributed by atoms with van der Waals surface area (Å²) < 4.78 is 0. The quantitative estimate of drug-likeness (QED) is 0.826. The minimum Gasteiger partial charge on any atom is -0.388 e. The monoisotopic (exact) mass is 240 g/mol. The fraction of sp³-hybridized carbons (Fsp3) is 0.636. The first-order chi connectivity index (χ1) is 7.57. The minimum absolute atomic E-state index is 0.0642. The van der Waals surface area contributed by atoms with Gasteiger partial charge in [-0.25, -0.2) is 4.98 Å². The maximum atomic E-state index is 11.6. The van der Waals surface area contributed by atoms with Crippen molar-refractivity contribution in [1.82, 2.24) is 10.3 Å². The van der Waals surface area contributed by atoms with Gasteiger partial charge in [-0.3, -0.25) is 4.79 Å². The Kier molecular flexibility index (Phi) is 3.25. The molecule has 0 aliphatic heterocycles. The van der Waals surface area contributed by atoms with E-state index in [1.165, 1.54) is 0 Å². The van der Waals surface area contributed by atoms with E-state index in [-0.39, 0.29) is 5.91 Å². The number of amides is 1. The van der Waals surface area contributed by atoms with Gasteiger partial charge in [0.25, 0.3) is 0 Å². The molecule has 16 heavy (non-hydrogen) atoms. The summed E-state index contributed by atoms with van der Waals surface area (Å²) in [5.74, 6) is -0.0642. The molecule has 0 atom stereocenters. The molecule has 0 spiro atoms. The van der Waals surface area contributed by atoms with E-state index in [1.54, 1.807) is 11.3 Å². The molecule has 0 unspecified atom stereocenters. The zero-order valence-electron chi connectivity index (χ0n) is 9.32. The molecular formula is C11H16N2O2S. The SMILES string of the molecule is Cc1nc(CC(=O)NCC2(O)CCC2)cs1. The molecule has 1 heterocycles. The third-order valence-electron chi connectivity index (χ3n) is 2.91. The number of carbonyl (C=O) groups is 1. The maximum absolute atomic E-state index is 11.6. The number of rotatable bonds is 4. The molecule has 1 aromatic rings. The Balaban J connectivity index is 1.76. The summed E-state index contributed by atoms with van der Waals surface area (Å²) >= 11 is 1.55. The average molecular weight is 240 g/mol. The Morgan fingerprint density at radius 1 is 1.69 bits per heavy atom. The molecule has 2 rings (SSSR count). The largest absolute Gasteiger partial charge is 0.388 e. The predicted molar refractivity (Wildman–Crippen MR) is 62.4 cm³/mol. The highest BCUT2D eigenvalue weighted by molar-refractivity contribution is 7.09. The van der Waals surface area contributed by atoms with Crippen molar-refractivity contribution in [1.29, 1.82) is 0 Å². The second-order valence-corrected chi connectivity index (χ2v) is 5.45. The van der Waals surface area contributed by atoms with E-state index in [2.05, 4.69) is 10.3 Å². The van der Waals surface area contributed by atoms with Gasteiger partial charge in [0, 0.05) is 11.9 Å². The molecule has 1 saturated carbocycles. The van der Waals surface area contributed by atoms with Crippen LogP contribution in [0.2, 0.25) is 0 Å². The Bertz CT molecular complexity index is 385. The van der Waals surface area contributed by atoms with E-state index in [1.807, 2.05) is 12.3 Å². The van der Waals surface area contributed by atoms with Gasteiger partial charge in [-0.05, 0) is 26.2 Å². The van der Waals surface area contributed by atoms with Crippen molar-refractivity contribution in [2.24, 2.45) is 0 Å². The number of hydrogen-bond acceptors (Lipinski definition) is 4. The summed E-state index contributed by atoms with van der Waals surface area (Å²) in [7, 11) is 0. The first-order valence-corrected chi connectivity index (χ1v) is 6.35. The van der Waals surface area contributed by atoms with Crippen molar-refractivity contribution in [3.63, 3.8) is 0 Å². The summed E-state index contributed by atoms with van der Waals surface area (Å²) in [5, 5.41) is 15.4. The van der Waals surface area contributed by atoms with Crippen LogP contribution in [0.1, 0.15) is 30.0 Å². The van der Waals surface area contributed by atoms with Crippen LogP contribution in [0, 0.1) is 6.92 Å². The van der Waals surface area contributed by atoms with E-state index in [0.717, 1.165) is 30.0 Å². The Labute approximate surface area is 98.7 Å². The van der Waals surface area contributed by atoms with E-state index in [9.17, 15) is 9.90 Å². The van der Waals surface area contributed by atoms with Crippen LogP contribution in [-0.4, -0.2) is 28.1 Å². The smallest absolute Gasteiger partial charge is 0.226 e. The number of aromatic nitrogens is 1. The predicted octanol–water partition coefficient (Wildman–Crippen LogP) is 1.03. The van der Waals surface area contributed by atoms with E-state index in [4.69, 9.17) is 0 Å². The van der Waals surface area contributed by atoms with Crippen LogP contribution in [0.4, 0.5) is 0 Å². The van der Waals surface area contributed by atoms with Crippen LogP contribution < -0.4 is 5.32 Å². The van der Waals surface area contributed by atoms with Crippen molar-refractivity contribution in [2.45, 2.75) is 38.2 Å². The highest BCUT2D eigenvalue weighted by Gasteiger charge is 2.34. The summed E-state index contributed by atoms with van der Waals surface area (Å²) in [4.78, 5) is 15.8. The first kappa shape index (κ1) is 11.5. The van der Waals surface area contributed by atoms with Gasteiger partial charge >= 0.3 is 0 Å². The molecule has 1 fully saturated rings. The van der Waals surface area contributed by atoms with Gasteiger partial charge in [-0.1, -0.05) is 0 Å². The summed E-state index contributed by atoms with van der Waals surface area (Å²) in [6.45, 7) is 2.29. The van der Waals surface area contributed by atoms with Crippen LogP contribution in [0.25, 0.3) is 0 Å². The standard InChI is InChI=1S/C11H16N2O2S/c1-8-13-9(6-16-8)5-10(14)12-7-11(15)3-2-4-11/h6,15H,2-5,7H2,1H3,(H,12,14). The second kappa shape index (κ2) is 4.51. The van der Waals surface area contributed by atoms with Crippen LogP contribution in [-0.2, 0) is 11.2 Å². The van der Waals surface area contributed by atoms with Gasteiger partial charge in [0.05, 0.1) is 22.7 Å². The molecule has 1 aliphatic rings. The number of thiazole rings is 1. The normalized spacial score (nSPS) is 17.9. The Morgan fingerprint density at radius 2 is 2.44 bits per heavy atom. The summed E-state index contributed by atoms with van der Waals surface area (Å²) in [6, 6.07) is 0. The number of nitrogens with zero attached hydrogens (tertiary/aromatic N) is 1. The molecule has 88 valence electrons. The molecule has 2 N–H and O–H groups in total. The molecule has 1 aliphatic carbocycles. The van der Waals surface area contributed by atoms with Gasteiger partial charge in [0.15, 0.2) is 0 Å². The van der Waals surface area contributed by atoms with E-state index < -0.39 is 5.60 Å². The Morgan fingerprint density at radius 3 is 2.94 bits per heavy atom. The lowest BCUT2D eigenvalue weighted by Crippen LogP contribution is -2.48. The molecule has 0 saturated heterocycles. The van der Waals surface area contributed by atoms with Crippen molar-refractivity contribution < 1.29 is 9.90 Å². The third-order valence-corrected chi connectivity index (χ3v) is 3.73. The topological polar surface area (TPSA) is 62.2 Å². The van der Waals surface area contributed by atoms with Gasteiger partial charge in [-0.2, -0.15) is 0 Å². The highest BCUT2D eigenvalue weighted by Crippen LogP contribution is 2.30. The van der Waals surface area contributed by atoms with Gasteiger partial charge < -0.3 is 10.4 Å². The number of aryl methyl sites for hydroxylation is 1. The molecular weight excluding hydrogens is 224 g/mol. The lowest BCUT2D eigenvalue weighted by Gasteiger charge is -2.36. The van der Waals surface area contributed by atoms with Crippen LogP contribution >= 0.6 is 11.3 Å². The van der Waals surface area contributed by atoms with Crippen molar-refractivity contribution in [2.75, 3.05) is 6.54 Å². The molecule has 0 aromatic carbocycles. The van der Waals surface area contributed by atoms with Crippen LogP contribution in [0.5, 0.6) is 0 Å². The lowest BCUT2D eigenvalue weighted by atomic mass is 9.80. The molecule has 0 bridgehead atoms. The Hall–Kier alpha value is -0.940. The molecule has 1 amide bonds. The van der Waals surface area contributed by atoms with Crippen LogP contribution in [0.15, 0.2) is 5.38 Å². The van der Waals surface area contributed by atoms with Crippen molar-refractivity contribution in [3.05, 3.63) is 16.1 Å². The number of hydrogen-bond donors (Lipinski definition) is 2. The number of carbonyl (C=O) groups excluding carboxylic acids is 1. The number of nitrogens with one attached hydrogen (secondary N) is 1. The first-order valence-electron chi connectivity index (χ1n) is 5.47. The van der Waals surface area contributed by atoms with Gasteiger partial charge in [0.1, 0.15) is 0 Å². The van der Waals surface area contributed by atoms with Crippen molar-refractivity contribution in [3.8, 4) is 0 Å². The molecule has 5 heteroatoms. The van der Waals surface area contributed by atoms with Crippen molar-refractivity contribution >= 4 is 17.2 Å². The van der Waals surface area contributed by atoms with Crippen LogP contribution in [0.3, 0.4) is 0 Å². The van der Waals surface area contributed by atoms with Gasteiger partial charge in [0.2, 0.25) is 5.91 Å². The van der Waals surface area contributed by atoms with E-state index in [0.29, 0.717) is 13.0 Å². The lowest BCUT2D eigenvalue weighted by molar-refractivity contribution is -0.122. The summed E-state index contributed by atoms with van der Waals surface area (Å²) in [5.41, 5.74) is 0.161. The fourth-order valence-electron chi connectivity index (χ4n) is 1.74. The minimum atomic E-state index is -0.645. The average Bonchev–Trinajstić information content (AvgIpc) is 2.58. The van der Waals surface area contributed by atoms with E-state index >= 15 is 0 Å². The summed E-state index contributed by atoms with van der Waals surface area (Å²) in [6.07, 6.45) is 2.95. The highest BCUT2D eigenvalue weighted by atomic mass is 32.1. The zero-order chi connectivity index (χ0) is 11.6. The number of aliphatic hydroxyl groups is 1. The third kappa shape index (κ3) is 2.80. The van der Waals surface area contributed by atoms with Gasteiger partial charge in [-0.15, -0.1) is 11.3 Å². The molecule has 4 nitrogen and oxygen atoms in total. The maximum Gasteiger partial charge on any atom is 0.226 e. The zero-order valence-corrected chi connectivity index (χ0v) is 10.1. The molecule has 0 radical (unpaired) electrons. The molecule has 1 aromatic heterocycles. The fourth-order valence-corrected chi connectivity index (χ4v) is 2.35. The second-order valence-electron chi connectivity index (χ2n) is 4.39.